The van der Waals surface area contributed by atoms with Gasteiger partial charge in [0, 0.05) is 38.2 Å². The van der Waals surface area contributed by atoms with Crippen LogP contribution in [-0.4, -0.2) is 91.7 Å². The van der Waals surface area contributed by atoms with Gasteiger partial charge in [-0.2, -0.15) is 0 Å². The fraction of sp³-hybridized carbons (Fsp3) is 0.343. The standard InChI is InChI=1S/C35H40N4O4/c1-39(2,26-12-22-38-33(40)30-16-6-7-17-31(30)34(38)41)25-11-10-21-37-23-19-28(20-24-37)43-35(42)36-32-18-9-8-15-29(32)27-13-4-3-5-14-27/h3-11,13-18,28H,12,19-26H2,1-2H3/p+1/b11-10+. The van der Waals surface area contributed by atoms with Gasteiger partial charge < -0.3 is 9.22 Å². The lowest BCUT2D eigenvalue weighted by Crippen LogP contribution is -2.42. The summed E-state index contributed by atoms with van der Waals surface area (Å²) in [5, 5.41) is 2.94. The first-order chi connectivity index (χ1) is 20.8. The van der Waals surface area contributed by atoms with E-state index in [1.165, 1.54) is 4.90 Å². The van der Waals surface area contributed by atoms with Crippen LogP contribution in [0, 0.1) is 0 Å². The smallest absolute Gasteiger partial charge is 0.411 e. The molecule has 3 amide bonds. The monoisotopic (exact) mass is 581 g/mol. The van der Waals surface area contributed by atoms with Crippen LogP contribution in [-0.2, 0) is 4.74 Å². The summed E-state index contributed by atoms with van der Waals surface area (Å²) in [4.78, 5) is 41.6. The number of amides is 3. The number of likely N-dealkylation sites (tertiary alicyclic amines) is 1. The molecule has 0 bridgehead atoms. The Morgan fingerprint density at radius 2 is 1.47 bits per heavy atom. The maximum absolute atomic E-state index is 12.7. The number of hydrogen-bond donors (Lipinski definition) is 1. The van der Waals surface area contributed by atoms with E-state index >= 15 is 0 Å². The van der Waals surface area contributed by atoms with Crippen molar-refractivity contribution in [3.05, 3.63) is 102 Å². The van der Waals surface area contributed by atoms with Crippen molar-refractivity contribution >= 4 is 23.6 Å². The van der Waals surface area contributed by atoms with Gasteiger partial charge in [0.15, 0.2) is 0 Å². The Bertz CT molecular complexity index is 1430. The zero-order valence-corrected chi connectivity index (χ0v) is 25.1. The summed E-state index contributed by atoms with van der Waals surface area (Å²) in [6, 6.07) is 24.8. The number of carbonyl (C=O) groups is 3. The molecule has 8 nitrogen and oxygen atoms in total. The molecule has 8 heteroatoms. The van der Waals surface area contributed by atoms with Gasteiger partial charge in [-0.15, -0.1) is 0 Å². The molecule has 43 heavy (non-hydrogen) atoms. The van der Waals surface area contributed by atoms with Crippen LogP contribution in [0.25, 0.3) is 11.1 Å². The molecule has 3 aromatic carbocycles. The Morgan fingerprint density at radius 3 is 2.14 bits per heavy atom. The van der Waals surface area contributed by atoms with Crippen molar-refractivity contribution in [2.75, 3.05) is 58.7 Å². The number of piperidine rings is 1. The SMILES string of the molecule is C[N+](C)(C/C=C/CN1CCC(OC(=O)Nc2ccccc2-c2ccccc2)CC1)CCCN1C(=O)c2ccccc2C1=O. The molecule has 3 aromatic rings. The zero-order valence-electron chi connectivity index (χ0n) is 25.1. The molecule has 1 fully saturated rings. The number of nitrogens with zero attached hydrogens (tertiary/aromatic N) is 3. The van der Waals surface area contributed by atoms with Gasteiger partial charge in [-0.25, -0.2) is 4.79 Å². The average molecular weight is 582 g/mol. The van der Waals surface area contributed by atoms with Gasteiger partial charge in [0.1, 0.15) is 6.10 Å². The summed E-state index contributed by atoms with van der Waals surface area (Å²) in [7, 11) is 4.33. The minimum absolute atomic E-state index is 0.0955. The number of benzene rings is 3. The molecule has 0 spiro atoms. The third-order valence-electron chi connectivity index (χ3n) is 8.21. The third-order valence-corrected chi connectivity index (χ3v) is 8.21. The average Bonchev–Trinajstić information content (AvgIpc) is 3.25. The number of rotatable bonds is 11. The number of fused-ring (bicyclic) bond motifs is 1. The maximum atomic E-state index is 12.7. The number of likely N-dealkylation sites (N-methyl/N-ethyl adjacent to an activating group) is 1. The number of imide groups is 1. The molecule has 0 aromatic heterocycles. The number of nitrogens with one attached hydrogen (secondary N) is 1. The van der Waals surface area contributed by atoms with E-state index in [0.717, 1.165) is 73.3 Å². The van der Waals surface area contributed by atoms with Gasteiger partial charge in [-0.05, 0) is 42.7 Å². The predicted molar refractivity (Wildman–Crippen MR) is 169 cm³/mol. The lowest BCUT2D eigenvalue weighted by Gasteiger charge is -2.31. The van der Waals surface area contributed by atoms with Crippen LogP contribution in [0.1, 0.15) is 40.0 Å². The lowest BCUT2D eigenvalue weighted by molar-refractivity contribution is -0.884. The van der Waals surface area contributed by atoms with E-state index in [2.05, 4.69) is 36.5 Å². The van der Waals surface area contributed by atoms with Crippen LogP contribution in [0.5, 0.6) is 0 Å². The number of ether oxygens (including phenoxy) is 1. The van der Waals surface area contributed by atoms with Crippen LogP contribution in [0.15, 0.2) is 91.0 Å². The van der Waals surface area contributed by atoms with Crippen LogP contribution in [0.4, 0.5) is 10.5 Å². The van der Waals surface area contributed by atoms with E-state index in [4.69, 9.17) is 4.74 Å². The summed E-state index contributed by atoms with van der Waals surface area (Å²) >= 11 is 0. The third kappa shape index (κ3) is 7.77. The summed E-state index contributed by atoms with van der Waals surface area (Å²) in [6.45, 7) is 4.78. The Balaban J connectivity index is 0.991. The molecule has 5 rings (SSSR count). The Morgan fingerprint density at radius 1 is 0.860 bits per heavy atom. The first-order valence-corrected chi connectivity index (χ1v) is 15.1. The van der Waals surface area contributed by atoms with E-state index in [-0.39, 0.29) is 17.9 Å². The number of anilines is 1. The minimum Gasteiger partial charge on any atom is -0.446 e. The predicted octanol–water partition coefficient (Wildman–Crippen LogP) is 5.69. The molecular weight excluding hydrogens is 540 g/mol. The molecule has 1 N–H and O–H groups in total. The first-order valence-electron chi connectivity index (χ1n) is 15.1. The van der Waals surface area contributed by atoms with E-state index in [1.54, 1.807) is 24.3 Å². The van der Waals surface area contributed by atoms with Gasteiger partial charge in [0.05, 0.1) is 44.0 Å². The highest BCUT2D eigenvalue weighted by Crippen LogP contribution is 2.28. The summed E-state index contributed by atoms with van der Waals surface area (Å²) in [5.41, 5.74) is 3.76. The van der Waals surface area contributed by atoms with Crippen molar-refractivity contribution in [3.8, 4) is 11.1 Å². The molecule has 224 valence electrons. The van der Waals surface area contributed by atoms with Crippen molar-refractivity contribution < 1.29 is 23.6 Å². The largest absolute Gasteiger partial charge is 0.446 e. The summed E-state index contributed by atoms with van der Waals surface area (Å²) in [5.74, 6) is -0.372. The number of hydrogen-bond acceptors (Lipinski definition) is 5. The first kappa shape index (κ1) is 30.2. The van der Waals surface area contributed by atoms with E-state index in [1.807, 2.05) is 54.6 Å². The molecule has 0 radical (unpaired) electrons. The van der Waals surface area contributed by atoms with Gasteiger partial charge in [0.25, 0.3) is 11.8 Å². The van der Waals surface area contributed by atoms with Gasteiger partial charge >= 0.3 is 6.09 Å². The quantitative estimate of drug-likeness (QED) is 0.179. The van der Waals surface area contributed by atoms with E-state index in [9.17, 15) is 14.4 Å². The van der Waals surface area contributed by atoms with Crippen LogP contribution >= 0.6 is 0 Å². The normalized spacial score (nSPS) is 16.1. The van der Waals surface area contributed by atoms with Gasteiger partial charge in [0.2, 0.25) is 0 Å². The summed E-state index contributed by atoms with van der Waals surface area (Å²) in [6.07, 6.45) is 6.28. The molecule has 0 atom stereocenters. The summed E-state index contributed by atoms with van der Waals surface area (Å²) < 4.78 is 6.54. The van der Waals surface area contributed by atoms with Crippen LogP contribution < -0.4 is 5.32 Å². The highest BCUT2D eigenvalue weighted by Gasteiger charge is 2.35. The Hall–Kier alpha value is -4.27. The van der Waals surface area contributed by atoms with Crippen LogP contribution in [0.2, 0.25) is 0 Å². The molecular formula is C35H41N4O4+. The fourth-order valence-corrected chi connectivity index (χ4v) is 5.74. The molecule has 0 saturated carbocycles. The minimum atomic E-state index is -0.412. The Kier molecular flexibility index (Phi) is 9.69. The second kappa shape index (κ2) is 13.8. The van der Waals surface area contributed by atoms with E-state index in [0.29, 0.717) is 17.7 Å². The lowest BCUT2D eigenvalue weighted by atomic mass is 10.0. The number of quaternary nitrogens is 1. The number of carbonyl (C=O) groups excluding carboxylic acids is 3. The second-order valence-corrected chi connectivity index (χ2v) is 11.9. The maximum Gasteiger partial charge on any atom is 0.411 e. The van der Waals surface area contributed by atoms with Gasteiger partial charge in [-0.1, -0.05) is 66.7 Å². The topological polar surface area (TPSA) is 79.0 Å². The fourth-order valence-electron chi connectivity index (χ4n) is 5.74. The van der Waals surface area contributed by atoms with Crippen molar-refractivity contribution in [1.82, 2.24) is 9.80 Å². The molecule has 2 heterocycles. The molecule has 0 unspecified atom stereocenters. The van der Waals surface area contributed by atoms with Crippen LogP contribution in [0.3, 0.4) is 0 Å². The molecule has 0 aliphatic carbocycles. The highest BCUT2D eigenvalue weighted by atomic mass is 16.6. The molecule has 2 aliphatic heterocycles. The highest BCUT2D eigenvalue weighted by molar-refractivity contribution is 6.21. The van der Waals surface area contributed by atoms with Crippen molar-refractivity contribution in [3.63, 3.8) is 0 Å². The van der Waals surface area contributed by atoms with E-state index < -0.39 is 6.09 Å². The number of para-hydroxylation sites is 1. The van der Waals surface area contributed by atoms with Crippen molar-refractivity contribution in [2.24, 2.45) is 0 Å². The van der Waals surface area contributed by atoms with Crippen molar-refractivity contribution in [2.45, 2.75) is 25.4 Å². The Labute approximate surface area is 254 Å². The zero-order chi connectivity index (χ0) is 30.2. The molecule has 2 aliphatic rings. The second-order valence-electron chi connectivity index (χ2n) is 11.9. The van der Waals surface area contributed by atoms with Crippen molar-refractivity contribution in [1.29, 1.82) is 0 Å². The molecule has 1 saturated heterocycles. The van der Waals surface area contributed by atoms with Gasteiger partial charge in [-0.3, -0.25) is 24.7 Å².